The molecule has 0 atom stereocenters. The minimum atomic E-state index is -3.86. The third-order valence-electron chi connectivity index (χ3n) is 1.97. The molecular weight excluding hydrogens is 264 g/mol. The number of hydrogen-bond donors (Lipinski definition) is 1. The lowest BCUT2D eigenvalue weighted by Crippen LogP contribution is -1.88. The molecule has 0 aliphatic heterocycles. The molecule has 0 aliphatic carbocycles. The van der Waals surface area contributed by atoms with Gasteiger partial charge in [0, 0.05) is 22.3 Å². The van der Waals surface area contributed by atoms with Gasteiger partial charge < -0.3 is 4.98 Å². The van der Waals surface area contributed by atoms with E-state index in [9.17, 15) is 12.8 Å². The first-order chi connectivity index (χ1) is 6.91. The van der Waals surface area contributed by atoms with Crippen molar-refractivity contribution in [2.75, 3.05) is 0 Å². The fraction of sp³-hybridized carbons (Fsp3) is 0. The highest BCUT2D eigenvalue weighted by Crippen LogP contribution is 2.31. The summed E-state index contributed by atoms with van der Waals surface area (Å²) in [5.74, 6) is -0.621. The number of hydrogen-bond acceptors (Lipinski definition) is 2. The monoisotopic (exact) mass is 267 g/mol. The van der Waals surface area contributed by atoms with E-state index in [4.69, 9.17) is 22.3 Å². The van der Waals surface area contributed by atoms with Crippen LogP contribution in [0.25, 0.3) is 10.9 Å². The first-order valence-corrected chi connectivity index (χ1v) is 6.50. The zero-order valence-corrected chi connectivity index (χ0v) is 9.42. The lowest BCUT2D eigenvalue weighted by atomic mass is 10.2. The van der Waals surface area contributed by atoms with Crippen molar-refractivity contribution < 1.29 is 12.8 Å². The Morgan fingerprint density at radius 2 is 2.00 bits per heavy atom. The molecule has 1 aromatic heterocycles. The largest absolute Gasteiger partial charge is 0.359 e. The van der Waals surface area contributed by atoms with Gasteiger partial charge >= 0.3 is 0 Å². The molecule has 1 heterocycles. The molecule has 0 spiro atoms. The molecule has 0 unspecified atom stereocenters. The number of rotatable bonds is 1. The van der Waals surface area contributed by atoms with E-state index in [1.165, 1.54) is 12.3 Å². The Morgan fingerprint density at radius 3 is 2.60 bits per heavy atom. The van der Waals surface area contributed by atoms with Crippen molar-refractivity contribution in [3.63, 3.8) is 0 Å². The van der Waals surface area contributed by atoms with Gasteiger partial charge in [-0.2, -0.15) is 0 Å². The molecule has 1 N–H and O–H groups in total. The van der Waals surface area contributed by atoms with Crippen LogP contribution in [0.5, 0.6) is 0 Å². The number of aromatic nitrogens is 1. The van der Waals surface area contributed by atoms with E-state index >= 15 is 0 Å². The molecule has 80 valence electrons. The number of fused-ring (bicyclic) bond motifs is 1. The predicted octanol–water partition coefficient (Wildman–Crippen LogP) is 2.89. The first-order valence-electron chi connectivity index (χ1n) is 3.81. The minimum Gasteiger partial charge on any atom is -0.359 e. The first kappa shape index (κ1) is 10.7. The molecule has 0 radical (unpaired) electrons. The van der Waals surface area contributed by atoms with E-state index < -0.39 is 14.9 Å². The van der Waals surface area contributed by atoms with Gasteiger partial charge in [0.05, 0.1) is 5.52 Å². The van der Waals surface area contributed by atoms with Crippen molar-refractivity contribution >= 4 is 42.2 Å². The molecule has 7 heteroatoms. The second-order valence-electron chi connectivity index (χ2n) is 2.87. The van der Waals surface area contributed by atoms with E-state index in [-0.39, 0.29) is 20.8 Å². The van der Waals surface area contributed by atoms with E-state index in [0.29, 0.717) is 0 Å². The van der Waals surface area contributed by atoms with Crippen LogP contribution in [0.15, 0.2) is 23.2 Å². The average molecular weight is 268 g/mol. The van der Waals surface area contributed by atoms with Crippen LogP contribution in [0.3, 0.4) is 0 Å². The standard InChI is InChI=1S/C8H4Cl2FNO2S/c9-7-5(11)2-1-4-6(15(10,13)14)3-12-8(4)7/h1-3,12H. The maximum absolute atomic E-state index is 13.0. The van der Waals surface area contributed by atoms with Gasteiger partial charge in [0.2, 0.25) is 0 Å². The van der Waals surface area contributed by atoms with Crippen LogP contribution in [0, 0.1) is 5.82 Å². The van der Waals surface area contributed by atoms with Crippen LogP contribution in [-0.4, -0.2) is 13.4 Å². The molecule has 2 rings (SSSR count). The number of nitrogens with one attached hydrogen (secondary N) is 1. The fourth-order valence-corrected chi connectivity index (χ4v) is 2.55. The normalized spacial score (nSPS) is 12.2. The van der Waals surface area contributed by atoms with Crippen molar-refractivity contribution in [1.29, 1.82) is 0 Å². The lowest BCUT2D eigenvalue weighted by molar-refractivity contribution is 0.610. The molecule has 0 bridgehead atoms. The highest BCUT2D eigenvalue weighted by Gasteiger charge is 2.18. The van der Waals surface area contributed by atoms with E-state index in [0.717, 1.165) is 6.07 Å². The van der Waals surface area contributed by atoms with Gasteiger partial charge in [-0.15, -0.1) is 0 Å². The molecule has 3 nitrogen and oxygen atoms in total. The highest BCUT2D eigenvalue weighted by atomic mass is 35.7. The predicted molar refractivity (Wildman–Crippen MR) is 56.3 cm³/mol. The molecule has 0 aliphatic rings. The number of H-pyrrole nitrogens is 1. The van der Waals surface area contributed by atoms with Crippen LogP contribution in [0.4, 0.5) is 4.39 Å². The quantitative estimate of drug-likeness (QED) is 0.808. The molecule has 0 saturated carbocycles. The van der Waals surface area contributed by atoms with E-state index in [2.05, 4.69) is 4.98 Å². The summed E-state index contributed by atoms with van der Waals surface area (Å²) >= 11 is 5.65. The summed E-state index contributed by atoms with van der Waals surface area (Å²) < 4.78 is 35.2. The minimum absolute atomic E-state index is 0.110. The summed E-state index contributed by atoms with van der Waals surface area (Å²) in [5, 5.41) is 0.121. The van der Waals surface area contributed by atoms with Crippen molar-refractivity contribution in [3.8, 4) is 0 Å². The Balaban J connectivity index is 2.90. The smallest absolute Gasteiger partial charge is 0.263 e. The third-order valence-corrected chi connectivity index (χ3v) is 3.70. The van der Waals surface area contributed by atoms with Crippen LogP contribution in [0.1, 0.15) is 0 Å². The molecule has 2 aromatic rings. The van der Waals surface area contributed by atoms with Crippen LogP contribution in [-0.2, 0) is 9.05 Å². The van der Waals surface area contributed by atoms with Crippen molar-refractivity contribution in [2.24, 2.45) is 0 Å². The van der Waals surface area contributed by atoms with E-state index in [1.54, 1.807) is 0 Å². The van der Waals surface area contributed by atoms with Gasteiger partial charge in [0.1, 0.15) is 15.7 Å². The van der Waals surface area contributed by atoms with Gasteiger partial charge in [0.25, 0.3) is 9.05 Å². The second kappa shape index (κ2) is 3.37. The molecule has 15 heavy (non-hydrogen) atoms. The van der Waals surface area contributed by atoms with Gasteiger partial charge in [-0.25, -0.2) is 12.8 Å². The summed E-state index contributed by atoms with van der Waals surface area (Å²) in [6.07, 6.45) is 1.18. The van der Waals surface area contributed by atoms with Gasteiger partial charge in [-0.05, 0) is 12.1 Å². The summed E-state index contributed by atoms with van der Waals surface area (Å²) in [6.45, 7) is 0. The topological polar surface area (TPSA) is 49.9 Å². The van der Waals surface area contributed by atoms with Crippen molar-refractivity contribution in [1.82, 2.24) is 4.98 Å². The van der Waals surface area contributed by atoms with Gasteiger partial charge in [-0.1, -0.05) is 11.6 Å². The zero-order valence-electron chi connectivity index (χ0n) is 7.09. The Bertz CT molecular complexity index is 635. The van der Waals surface area contributed by atoms with Crippen molar-refractivity contribution in [2.45, 2.75) is 4.90 Å². The average Bonchev–Trinajstić information content (AvgIpc) is 2.54. The summed E-state index contributed by atoms with van der Waals surface area (Å²) in [4.78, 5) is 2.46. The summed E-state index contributed by atoms with van der Waals surface area (Å²) in [5.41, 5.74) is 0.218. The SMILES string of the molecule is O=S(=O)(Cl)c1c[nH]c2c(Cl)c(F)ccc12. The van der Waals surface area contributed by atoms with Crippen LogP contribution >= 0.6 is 22.3 Å². The number of benzene rings is 1. The Kier molecular flexibility index (Phi) is 2.41. The summed E-state index contributed by atoms with van der Waals surface area (Å²) in [6, 6.07) is 2.40. The molecule has 0 amide bonds. The van der Waals surface area contributed by atoms with Gasteiger partial charge in [0.15, 0.2) is 0 Å². The molecule has 1 aromatic carbocycles. The van der Waals surface area contributed by atoms with E-state index in [1.807, 2.05) is 0 Å². The zero-order chi connectivity index (χ0) is 11.2. The van der Waals surface area contributed by atoms with Gasteiger partial charge in [-0.3, -0.25) is 0 Å². The highest BCUT2D eigenvalue weighted by molar-refractivity contribution is 8.14. The second-order valence-corrected chi connectivity index (χ2v) is 5.79. The third kappa shape index (κ3) is 1.71. The summed E-state index contributed by atoms with van der Waals surface area (Å²) in [7, 11) is 1.33. The molecule has 0 fully saturated rings. The Hall–Kier alpha value is -0.780. The van der Waals surface area contributed by atoms with Crippen LogP contribution < -0.4 is 0 Å². The van der Waals surface area contributed by atoms with Crippen molar-refractivity contribution in [3.05, 3.63) is 29.2 Å². The molecular formula is C8H4Cl2FNO2S. The van der Waals surface area contributed by atoms with Crippen LogP contribution in [0.2, 0.25) is 5.02 Å². The Labute approximate surface area is 94.2 Å². The lowest BCUT2D eigenvalue weighted by Gasteiger charge is -1.96. The number of halogens is 3. The maximum atomic E-state index is 13.0. The maximum Gasteiger partial charge on any atom is 0.263 e. The molecule has 0 saturated heterocycles. The Morgan fingerprint density at radius 1 is 1.33 bits per heavy atom. The fourth-order valence-electron chi connectivity index (χ4n) is 1.31. The number of aromatic amines is 1.